The van der Waals surface area contributed by atoms with Gasteiger partial charge in [-0.2, -0.15) is 0 Å². The van der Waals surface area contributed by atoms with Crippen LogP contribution in [0.4, 0.5) is 0 Å². The fraction of sp³-hybridized carbons (Fsp3) is 0.500. The number of carbonyl (C=O) groups excluding carboxylic acids is 1. The monoisotopic (exact) mass is 312 g/mol. The molecule has 1 saturated carbocycles. The van der Waals surface area contributed by atoms with E-state index in [4.69, 9.17) is 0 Å². The van der Waals surface area contributed by atoms with E-state index in [2.05, 4.69) is 22.2 Å². The zero-order valence-corrected chi connectivity index (χ0v) is 13.6. The lowest BCUT2D eigenvalue weighted by atomic mass is 10.00. The molecule has 5 heteroatoms. The van der Waals surface area contributed by atoms with E-state index < -0.39 is 0 Å². The van der Waals surface area contributed by atoms with Crippen LogP contribution in [-0.4, -0.2) is 20.4 Å². The molecule has 0 spiro atoms. The molecule has 0 aromatic carbocycles. The lowest BCUT2D eigenvalue weighted by molar-refractivity contribution is -0.127. The summed E-state index contributed by atoms with van der Waals surface area (Å²) >= 11 is 0. The van der Waals surface area contributed by atoms with Crippen molar-refractivity contribution in [2.24, 2.45) is 5.41 Å². The van der Waals surface area contributed by atoms with Gasteiger partial charge in [-0.05, 0) is 30.9 Å². The molecule has 122 valence electrons. The number of hydrogen-bond acceptors (Lipinski definition) is 3. The van der Waals surface area contributed by atoms with E-state index >= 15 is 0 Å². The molecule has 0 aliphatic heterocycles. The normalized spacial score (nSPS) is 16.7. The number of pyridine rings is 1. The molecule has 1 fully saturated rings. The molecule has 0 unspecified atom stereocenters. The van der Waals surface area contributed by atoms with Gasteiger partial charge in [0, 0.05) is 31.3 Å². The molecule has 23 heavy (non-hydrogen) atoms. The van der Waals surface area contributed by atoms with Crippen LogP contribution < -0.4 is 5.32 Å². The lowest BCUT2D eigenvalue weighted by Crippen LogP contribution is -2.37. The number of imidazole rings is 1. The molecule has 3 rings (SSSR count). The largest absolute Gasteiger partial charge is 0.349 e. The summed E-state index contributed by atoms with van der Waals surface area (Å²) in [5, 5.41) is 3.27. The van der Waals surface area contributed by atoms with Gasteiger partial charge in [-0.1, -0.05) is 25.8 Å². The summed E-state index contributed by atoms with van der Waals surface area (Å²) in [6.45, 7) is 2.88. The van der Waals surface area contributed by atoms with Crippen LogP contribution in [0, 0.1) is 5.41 Å². The number of carbonyl (C=O) groups is 1. The third kappa shape index (κ3) is 3.78. The summed E-state index contributed by atoms with van der Waals surface area (Å²) in [4.78, 5) is 21.1. The number of hydrogen-bond donors (Lipinski definition) is 1. The van der Waals surface area contributed by atoms with E-state index in [1.807, 2.05) is 29.1 Å². The quantitative estimate of drug-likeness (QED) is 0.815. The summed E-state index contributed by atoms with van der Waals surface area (Å²) in [6, 6.07) is 4.03. The second-order valence-corrected chi connectivity index (χ2v) is 6.47. The van der Waals surface area contributed by atoms with Crippen molar-refractivity contribution in [1.82, 2.24) is 19.9 Å². The van der Waals surface area contributed by atoms with Gasteiger partial charge in [-0.15, -0.1) is 0 Å². The van der Waals surface area contributed by atoms with Crippen molar-refractivity contribution in [2.75, 3.05) is 0 Å². The molecule has 1 N–H and O–H groups in total. The van der Waals surface area contributed by atoms with Gasteiger partial charge < -0.3 is 9.88 Å². The van der Waals surface area contributed by atoms with Crippen LogP contribution in [0.15, 0.2) is 43.2 Å². The first-order valence-corrected chi connectivity index (χ1v) is 8.40. The minimum atomic E-state index is -0.257. The molecule has 2 aromatic rings. The number of nitrogens with one attached hydrogen (secondary N) is 1. The van der Waals surface area contributed by atoms with Crippen molar-refractivity contribution >= 4 is 5.91 Å². The number of aromatic nitrogens is 3. The molecular formula is C18H24N4O. The zero-order valence-electron chi connectivity index (χ0n) is 13.6. The van der Waals surface area contributed by atoms with Crippen LogP contribution in [-0.2, 0) is 11.3 Å². The second-order valence-electron chi connectivity index (χ2n) is 6.47. The third-order valence-electron chi connectivity index (χ3n) is 4.62. The highest BCUT2D eigenvalue weighted by atomic mass is 16.2. The van der Waals surface area contributed by atoms with Crippen molar-refractivity contribution in [1.29, 1.82) is 0 Å². The molecule has 1 atom stereocenters. The highest BCUT2D eigenvalue weighted by molar-refractivity contribution is 5.85. The summed E-state index contributed by atoms with van der Waals surface area (Å²) in [6.07, 6.45) is 14.1. The SMILES string of the molecule is CCCC[C@@H](NC(=O)C1(Cn2ccnc2)CC1)c1cccnc1. The summed E-state index contributed by atoms with van der Waals surface area (Å²) in [7, 11) is 0. The van der Waals surface area contributed by atoms with Gasteiger partial charge in [0.2, 0.25) is 5.91 Å². The Morgan fingerprint density at radius 2 is 2.26 bits per heavy atom. The first-order chi connectivity index (χ1) is 11.2. The van der Waals surface area contributed by atoms with E-state index in [1.54, 1.807) is 18.7 Å². The Morgan fingerprint density at radius 3 is 2.87 bits per heavy atom. The maximum atomic E-state index is 12.8. The molecule has 0 bridgehead atoms. The minimum absolute atomic E-state index is 0.0522. The van der Waals surface area contributed by atoms with Gasteiger partial charge in [-0.3, -0.25) is 9.78 Å². The predicted octanol–water partition coefficient (Wildman–Crippen LogP) is 3.11. The first kappa shape index (κ1) is 15.7. The number of amides is 1. The van der Waals surface area contributed by atoms with E-state index in [0.717, 1.165) is 37.7 Å². The molecule has 1 amide bonds. The molecule has 0 saturated heterocycles. The van der Waals surface area contributed by atoms with Crippen molar-refractivity contribution in [3.63, 3.8) is 0 Å². The highest BCUT2D eigenvalue weighted by Crippen LogP contribution is 2.47. The van der Waals surface area contributed by atoms with E-state index in [0.29, 0.717) is 6.54 Å². The Kier molecular flexibility index (Phi) is 4.74. The Balaban J connectivity index is 1.68. The smallest absolute Gasteiger partial charge is 0.228 e. The molecular weight excluding hydrogens is 288 g/mol. The Bertz CT molecular complexity index is 620. The Labute approximate surface area is 137 Å². The van der Waals surface area contributed by atoms with Gasteiger partial charge >= 0.3 is 0 Å². The van der Waals surface area contributed by atoms with Crippen molar-refractivity contribution in [3.05, 3.63) is 48.8 Å². The van der Waals surface area contributed by atoms with Crippen LogP contribution in [0.5, 0.6) is 0 Å². The predicted molar refractivity (Wildman–Crippen MR) is 88.5 cm³/mol. The van der Waals surface area contributed by atoms with Gasteiger partial charge in [0.15, 0.2) is 0 Å². The maximum absolute atomic E-state index is 12.8. The van der Waals surface area contributed by atoms with Gasteiger partial charge in [0.1, 0.15) is 0 Å². The average Bonchev–Trinajstić information content (AvgIpc) is 3.18. The Hall–Kier alpha value is -2.17. The van der Waals surface area contributed by atoms with Crippen molar-refractivity contribution < 1.29 is 4.79 Å². The second kappa shape index (κ2) is 6.94. The highest BCUT2D eigenvalue weighted by Gasteiger charge is 2.50. The summed E-state index contributed by atoms with van der Waals surface area (Å²) < 4.78 is 2.00. The van der Waals surface area contributed by atoms with Crippen LogP contribution in [0.25, 0.3) is 0 Å². The van der Waals surface area contributed by atoms with Gasteiger partial charge in [0.25, 0.3) is 0 Å². The van der Waals surface area contributed by atoms with Gasteiger partial charge in [0.05, 0.1) is 17.8 Å². The number of nitrogens with zero attached hydrogens (tertiary/aromatic N) is 3. The molecule has 5 nitrogen and oxygen atoms in total. The van der Waals surface area contributed by atoms with Crippen LogP contribution in [0.3, 0.4) is 0 Å². The number of rotatable bonds is 8. The molecule has 1 aliphatic carbocycles. The molecule has 1 aliphatic rings. The summed E-state index contributed by atoms with van der Waals surface area (Å²) in [5.41, 5.74) is 0.834. The van der Waals surface area contributed by atoms with Crippen LogP contribution in [0.2, 0.25) is 0 Å². The molecule has 2 heterocycles. The van der Waals surface area contributed by atoms with Crippen LogP contribution >= 0.6 is 0 Å². The number of unbranched alkanes of at least 4 members (excludes halogenated alkanes) is 1. The Morgan fingerprint density at radius 1 is 1.39 bits per heavy atom. The minimum Gasteiger partial charge on any atom is -0.349 e. The standard InChI is InChI=1S/C18H24N4O/c1-2-3-6-16(15-5-4-9-19-12-15)21-17(23)18(7-8-18)13-22-11-10-20-14-22/h4-5,9-12,14,16H,2-3,6-8,13H2,1H3,(H,21,23)/t16-/m1/s1. The third-order valence-corrected chi connectivity index (χ3v) is 4.62. The maximum Gasteiger partial charge on any atom is 0.228 e. The van der Waals surface area contributed by atoms with E-state index in [-0.39, 0.29) is 17.4 Å². The first-order valence-electron chi connectivity index (χ1n) is 8.40. The van der Waals surface area contributed by atoms with Crippen LogP contribution in [0.1, 0.15) is 50.6 Å². The van der Waals surface area contributed by atoms with Crippen molar-refractivity contribution in [3.8, 4) is 0 Å². The molecule has 0 radical (unpaired) electrons. The fourth-order valence-corrected chi connectivity index (χ4v) is 2.96. The topological polar surface area (TPSA) is 59.8 Å². The van der Waals surface area contributed by atoms with E-state index in [9.17, 15) is 4.79 Å². The zero-order chi connectivity index (χ0) is 16.1. The van der Waals surface area contributed by atoms with Gasteiger partial charge in [-0.25, -0.2) is 4.98 Å². The average molecular weight is 312 g/mol. The summed E-state index contributed by atoms with van der Waals surface area (Å²) in [5.74, 6) is 0.163. The van der Waals surface area contributed by atoms with E-state index in [1.165, 1.54) is 0 Å². The molecule has 2 aromatic heterocycles. The fourth-order valence-electron chi connectivity index (χ4n) is 2.96. The lowest BCUT2D eigenvalue weighted by Gasteiger charge is -2.23. The van der Waals surface area contributed by atoms with Crippen molar-refractivity contribution in [2.45, 2.75) is 51.6 Å².